The van der Waals surface area contributed by atoms with Crippen molar-refractivity contribution in [1.82, 2.24) is 14.7 Å². The lowest BCUT2D eigenvalue weighted by Crippen LogP contribution is -2.23. The summed E-state index contributed by atoms with van der Waals surface area (Å²) in [5.41, 5.74) is -0.133. The number of hydrogen-bond acceptors (Lipinski definition) is 4. The van der Waals surface area contributed by atoms with Gasteiger partial charge in [-0.1, -0.05) is 25.9 Å². The standard InChI is InChI=1S/C13H18N4O2/c1-9(17-6-5-14-8-17)12(18)15-11-7-10(19-16-11)13(2,3)4/h5-9H,1-4H3,(H,15,16,18)/t9-/m0/s1. The lowest BCUT2D eigenvalue weighted by molar-refractivity contribution is -0.118. The fourth-order valence-corrected chi connectivity index (χ4v) is 1.55. The van der Waals surface area contributed by atoms with Crippen molar-refractivity contribution in [3.63, 3.8) is 0 Å². The minimum atomic E-state index is -0.350. The molecule has 0 aromatic carbocycles. The number of nitrogens with zero attached hydrogens (tertiary/aromatic N) is 3. The Morgan fingerprint density at radius 2 is 2.21 bits per heavy atom. The van der Waals surface area contributed by atoms with Crippen molar-refractivity contribution in [3.05, 3.63) is 30.5 Å². The summed E-state index contributed by atoms with van der Waals surface area (Å²) < 4.78 is 6.94. The molecular weight excluding hydrogens is 244 g/mol. The van der Waals surface area contributed by atoms with Crippen LogP contribution in [0.5, 0.6) is 0 Å². The van der Waals surface area contributed by atoms with Gasteiger partial charge in [0.25, 0.3) is 0 Å². The third-order valence-electron chi connectivity index (χ3n) is 2.85. The van der Waals surface area contributed by atoms with Crippen molar-refractivity contribution in [2.24, 2.45) is 0 Å². The average Bonchev–Trinajstić information content (AvgIpc) is 2.97. The van der Waals surface area contributed by atoms with Crippen LogP contribution in [0, 0.1) is 0 Å². The highest BCUT2D eigenvalue weighted by Gasteiger charge is 2.21. The third-order valence-corrected chi connectivity index (χ3v) is 2.85. The van der Waals surface area contributed by atoms with Gasteiger partial charge in [0.2, 0.25) is 5.91 Å². The maximum absolute atomic E-state index is 12.0. The molecule has 0 radical (unpaired) electrons. The van der Waals surface area contributed by atoms with Crippen LogP contribution in [0.2, 0.25) is 0 Å². The number of aromatic nitrogens is 3. The van der Waals surface area contributed by atoms with Crippen LogP contribution in [0.3, 0.4) is 0 Å². The van der Waals surface area contributed by atoms with Gasteiger partial charge in [-0.25, -0.2) is 4.98 Å². The largest absolute Gasteiger partial charge is 0.359 e. The molecule has 2 aromatic rings. The molecule has 0 bridgehead atoms. The number of carbonyl (C=O) groups excluding carboxylic acids is 1. The zero-order valence-corrected chi connectivity index (χ0v) is 11.5. The summed E-state index contributed by atoms with van der Waals surface area (Å²) in [6.07, 6.45) is 4.98. The number of rotatable bonds is 3. The molecule has 0 saturated carbocycles. The normalized spacial score (nSPS) is 13.3. The molecule has 6 heteroatoms. The van der Waals surface area contributed by atoms with E-state index in [9.17, 15) is 4.79 Å². The lowest BCUT2D eigenvalue weighted by atomic mass is 9.93. The van der Waals surface area contributed by atoms with E-state index < -0.39 is 0 Å². The number of amides is 1. The Balaban J connectivity index is 2.05. The third kappa shape index (κ3) is 3.01. The molecule has 2 aromatic heterocycles. The van der Waals surface area contributed by atoms with Gasteiger partial charge in [-0.05, 0) is 6.92 Å². The van der Waals surface area contributed by atoms with Crippen molar-refractivity contribution in [3.8, 4) is 0 Å². The van der Waals surface area contributed by atoms with Crippen molar-refractivity contribution in [2.45, 2.75) is 39.2 Å². The van der Waals surface area contributed by atoms with Crippen LogP contribution < -0.4 is 5.32 Å². The van der Waals surface area contributed by atoms with Crippen molar-refractivity contribution >= 4 is 11.7 Å². The van der Waals surface area contributed by atoms with Crippen LogP contribution in [0.1, 0.15) is 39.5 Å². The average molecular weight is 262 g/mol. The highest BCUT2D eigenvalue weighted by atomic mass is 16.5. The highest BCUT2D eigenvalue weighted by Crippen LogP contribution is 2.24. The predicted molar refractivity (Wildman–Crippen MR) is 70.8 cm³/mol. The Bertz CT molecular complexity index is 551. The van der Waals surface area contributed by atoms with Crippen LogP contribution in [0.15, 0.2) is 29.3 Å². The Hall–Kier alpha value is -2.11. The number of anilines is 1. The SMILES string of the molecule is C[C@@H](C(=O)Nc1cc(C(C)(C)C)on1)n1ccnc1. The van der Waals surface area contributed by atoms with Gasteiger partial charge in [0.1, 0.15) is 11.8 Å². The molecule has 102 valence electrons. The molecule has 0 aliphatic carbocycles. The smallest absolute Gasteiger partial charge is 0.248 e. The Morgan fingerprint density at radius 3 is 2.74 bits per heavy atom. The second-order valence-electron chi connectivity index (χ2n) is 5.50. The van der Waals surface area contributed by atoms with E-state index in [-0.39, 0.29) is 17.4 Å². The number of carbonyl (C=O) groups is 1. The molecule has 0 aliphatic heterocycles. The van der Waals surface area contributed by atoms with Crippen molar-refractivity contribution in [1.29, 1.82) is 0 Å². The molecule has 1 N–H and O–H groups in total. The second kappa shape index (κ2) is 4.87. The van der Waals surface area contributed by atoms with E-state index in [0.717, 1.165) is 5.76 Å². The van der Waals surface area contributed by atoms with E-state index in [2.05, 4.69) is 15.5 Å². The summed E-state index contributed by atoms with van der Waals surface area (Å²) in [6.45, 7) is 7.86. The van der Waals surface area contributed by atoms with E-state index in [1.165, 1.54) is 0 Å². The second-order valence-corrected chi connectivity index (χ2v) is 5.50. The van der Waals surface area contributed by atoms with Crippen LogP contribution in [-0.2, 0) is 10.2 Å². The molecule has 2 rings (SSSR count). The van der Waals surface area contributed by atoms with E-state index in [0.29, 0.717) is 5.82 Å². The molecule has 0 fully saturated rings. The molecule has 0 unspecified atom stereocenters. The van der Waals surface area contributed by atoms with E-state index in [1.807, 2.05) is 20.8 Å². The van der Waals surface area contributed by atoms with Gasteiger partial charge in [-0.2, -0.15) is 0 Å². The van der Waals surface area contributed by atoms with Gasteiger partial charge in [-0.3, -0.25) is 4.79 Å². The number of hydrogen-bond donors (Lipinski definition) is 1. The molecule has 0 aliphatic rings. The first-order valence-electron chi connectivity index (χ1n) is 6.13. The minimum Gasteiger partial charge on any atom is -0.359 e. The van der Waals surface area contributed by atoms with Crippen molar-refractivity contribution < 1.29 is 9.32 Å². The lowest BCUT2D eigenvalue weighted by Gasteiger charge is -2.12. The highest BCUT2D eigenvalue weighted by molar-refractivity contribution is 5.92. The monoisotopic (exact) mass is 262 g/mol. The first-order valence-corrected chi connectivity index (χ1v) is 6.13. The molecule has 1 atom stereocenters. The fraction of sp³-hybridized carbons (Fsp3) is 0.462. The first-order chi connectivity index (χ1) is 8.88. The topological polar surface area (TPSA) is 73.0 Å². The minimum absolute atomic E-state index is 0.133. The van der Waals surface area contributed by atoms with E-state index in [1.54, 1.807) is 36.3 Å². The summed E-state index contributed by atoms with van der Waals surface area (Å²) in [4.78, 5) is 15.9. The maximum Gasteiger partial charge on any atom is 0.248 e. The van der Waals surface area contributed by atoms with Gasteiger partial charge in [-0.15, -0.1) is 0 Å². The molecular formula is C13H18N4O2. The summed E-state index contributed by atoms with van der Waals surface area (Å²) >= 11 is 0. The first kappa shape index (κ1) is 13.3. The fourth-order valence-electron chi connectivity index (χ4n) is 1.55. The van der Waals surface area contributed by atoms with Gasteiger partial charge in [0, 0.05) is 23.9 Å². The summed E-state index contributed by atoms with van der Waals surface area (Å²) in [5, 5.41) is 6.58. The Morgan fingerprint density at radius 1 is 1.47 bits per heavy atom. The molecule has 6 nitrogen and oxygen atoms in total. The van der Waals surface area contributed by atoms with Gasteiger partial charge in [0.15, 0.2) is 5.82 Å². The predicted octanol–water partition coefficient (Wildman–Crippen LogP) is 2.37. The Kier molecular flexibility index (Phi) is 3.42. The van der Waals surface area contributed by atoms with Crippen LogP contribution in [0.4, 0.5) is 5.82 Å². The molecule has 1 amide bonds. The molecule has 0 saturated heterocycles. The van der Waals surface area contributed by atoms with Crippen LogP contribution >= 0.6 is 0 Å². The van der Waals surface area contributed by atoms with Crippen LogP contribution in [0.25, 0.3) is 0 Å². The summed E-state index contributed by atoms with van der Waals surface area (Å²) in [6, 6.07) is 1.40. The zero-order valence-electron chi connectivity index (χ0n) is 11.5. The molecule has 2 heterocycles. The maximum atomic E-state index is 12.0. The van der Waals surface area contributed by atoms with Crippen LogP contribution in [-0.4, -0.2) is 20.6 Å². The van der Waals surface area contributed by atoms with Gasteiger partial charge < -0.3 is 14.4 Å². The molecule has 0 spiro atoms. The van der Waals surface area contributed by atoms with E-state index in [4.69, 9.17) is 4.52 Å². The van der Waals surface area contributed by atoms with Gasteiger partial charge in [0.05, 0.1) is 6.33 Å². The van der Waals surface area contributed by atoms with E-state index >= 15 is 0 Å². The summed E-state index contributed by atoms with van der Waals surface area (Å²) in [5.74, 6) is 1.01. The van der Waals surface area contributed by atoms with Crippen molar-refractivity contribution in [2.75, 3.05) is 5.32 Å². The summed E-state index contributed by atoms with van der Waals surface area (Å²) in [7, 11) is 0. The quantitative estimate of drug-likeness (QED) is 0.921. The number of imidazole rings is 1. The molecule has 19 heavy (non-hydrogen) atoms. The zero-order chi connectivity index (χ0) is 14.0. The van der Waals surface area contributed by atoms with Gasteiger partial charge >= 0.3 is 0 Å². The number of nitrogens with one attached hydrogen (secondary N) is 1. The Labute approximate surface area is 111 Å².